The first-order chi connectivity index (χ1) is 7.27. The predicted octanol–water partition coefficient (Wildman–Crippen LogP) is 2.53. The number of carbonyl (C=O) groups is 1. The Balaban J connectivity index is 2.03. The summed E-state index contributed by atoms with van der Waals surface area (Å²) in [4.78, 5) is 17.6. The molecule has 1 saturated carbocycles. The van der Waals surface area contributed by atoms with Crippen LogP contribution in [-0.4, -0.2) is 26.3 Å². The van der Waals surface area contributed by atoms with E-state index in [9.17, 15) is 4.79 Å². The Kier molecular flexibility index (Phi) is 3.30. The molecule has 0 saturated heterocycles. The fraction of sp³-hybridized carbons (Fsp3) is 0.600. The van der Waals surface area contributed by atoms with E-state index < -0.39 is 5.97 Å². The van der Waals surface area contributed by atoms with Gasteiger partial charge in [0, 0.05) is 5.25 Å². The lowest BCUT2D eigenvalue weighted by Crippen LogP contribution is -2.09. The molecule has 2 rings (SSSR count). The Morgan fingerprint density at radius 3 is 2.87 bits per heavy atom. The Morgan fingerprint density at radius 2 is 2.20 bits per heavy atom. The van der Waals surface area contributed by atoms with Crippen LogP contribution in [0.1, 0.15) is 42.6 Å². The molecule has 4 nitrogen and oxygen atoms in total. The van der Waals surface area contributed by atoms with Gasteiger partial charge in [-0.25, -0.2) is 9.78 Å². The van der Waals surface area contributed by atoms with Crippen molar-refractivity contribution in [3.63, 3.8) is 0 Å². The number of nitrogens with one attached hydrogen (secondary N) is 1. The maximum atomic E-state index is 10.8. The second-order valence-corrected chi connectivity index (χ2v) is 5.05. The van der Waals surface area contributed by atoms with Crippen molar-refractivity contribution in [3.05, 3.63) is 12.0 Å². The quantitative estimate of drug-likeness (QED) is 0.831. The van der Waals surface area contributed by atoms with Gasteiger partial charge < -0.3 is 10.1 Å². The molecule has 1 aromatic rings. The van der Waals surface area contributed by atoms with Crippen molar-refractivity contribution in [1.29, 1.82) is 0 Å². The highest BCUT2D eigenvalue weighted by Gasteiger charge is 2.20. The highest BCUT2D eigenvalue weighted by molar-refractivity contribution is 7.99. The molecule has 82 valence electrons. The minimum Gasteiger partial charge on any atom is -0.476 e. The lowest BCUT2D eigenvalue weighted by molar-refractivity contribution is 0.0687. The van der Waals surface area contributed by atoms with Gasteiger partial charge in [0.1, 0.15) is 5.03 Å². The normalized spacial score (nSPS) is 17.9. The zero-order valence-corrected chi connectivity index (χ0v) is 9.22. The van der Waals surface area contributed by atoms with Crippen LogP contribution in [0.15, 0.2) is 11.4 Å². The van der Waals surface area contributed by atoms with Crippen molar-refractivity contribution >= 4 is 17.7 Å². The minimum atomic E-state index is -0.925. The van der Waals surface area contributed by atoms with Crippen molar-refractivity contribution in [2.24, 2.45) is 0 Å². The Hall–Kier alpha value is -0.970. The van der Waals surface area contributed by atoms with E-state index in [1.165, 1.54) is 38.4 Å². The molecular formula is C10H14N2O2S. The molecule has 0 unspecified atom stereocenters. The highest BCUT2D eigenvalue weighted by atomic mass is 32.2. The number of H-pyrrole nitrogens is 1. The second-order valence-electron chi connectivity index (χ2n) is 3.77. The van der Waals surface area contributed by atoms with Crippen LogP contribution in [0.4, 0.5) is 0 Å². The average molecular weight is 226 g/mol. The van der Waals surface area contributed by atoms with Crippen LogP contribution in [-0.2, 0) is 0 Å². The smallest absolute Gasteiger partial charge is 0.355 e. The van der Waals surface area contributed by atoms with E-state index in [0.29, 0.717) is 10.3 Å². The molecule has 2 N–H and O–H groups in total. The van der Waals surface area contributed by atoms with Gasteiger partial charge >= 0.3 is 5.97 Å². The number of aromatic nitrogens is 2. The van der Waals surface area contributed by atoms with Crippen molar-refractivity contribution in [2.45, 2.75) is 42.4 Å². The molecule has 5 heteroatoms. The third-order valence-corrected chi connectivity index (χ3v) is 3.99. The fourth-order valence-electron chi connectivity index (χ4n) is 1.87. The van der Waals surface area contributed by atoms with Crippen LogP contribution in [0.25, 0.3) is 0 Å². The van der Waals surface area contributed by atoms with E-state index in [4.69, 9.17) is 5.11 Å². The zero-order valence-electron chi connectivity index (χ0n) is 8.40. The van der Waals surface area contributed by atoms with Gasteiger partial charge in [0.2, 0.25) is 0 Å². The van der Waals surface area contributed by atoms with E-state index in [1.54, 1.807) is 11.8 Å². The van der Waals surface area contributed by atoms with Gasteiger partial charge in [-0.15, -0.1) is 11.8 Å². The Labute approximate surface area is 92.5 Å². The summed E-state index contributed by atoms with van der Waals surface area (Å²) in [6.45, 7) is 0. The van der Waals surface area contributed by atoms with Gasteiger partial charge in [0.25, 0.3) is 0 Å². The predicted molar refractivity (Wildman–Crippen MR) is 58.3 cm³/mol. The summed E-state index contributed by atoms with van der Waals surface area (Å²) < 4.78 is 0. The molecule has 0 spiro atoms. The number of nitrogens with zero attached hydrogens (tertiary/aromatic N) is 1. The fourth-order valence-corrected chi connectivity index (χ4v) is 3.13. The number of carboxylic acids is 1. The summed E-state index contributed by atoms with van der Waals surface area (Å²) in [6, 6.07) is 0. The number of carboxylic acid groups (broad SMARTS) is 1. The van der Waals surface area contributed by atoms with Crippen LogP contribution in [0.5, 0.6) is 0 Å². The van der Waals surface area contributed by atoms with E-state index in [2.05, 4.69) is 9.97 Å². The molecular weight excluding hydrogens is 212 g/mol. The first-order valence-electron chi connectivity index (χ1n) is 5.20. The van der Waals surface area contributed by atoms with E-state index in [0.717, 1.165) is 0 Å². The van der Waals surface area contributed by atoms with Crippen molar-refractivity contribution in [3.8, 4) is 0 Å². The van der Waals surface area contributed by atoms with E-state index in [-0.39, 0.29) is 5.69 Å². The summed E-state index contributed by atoms with van der Waals surface area (Å²) >= 11 is 1.60. The first kappa shape index (κ1) is 10.5. The molecule has 1 aliphatic rings. The Morgan fingerprint density at radius 1 is 1.47 bits per heavy atom. The number of aromatic carboxylic acids is 1. The lowest BCUT2D eigenvalue weighted by atomic mass is 10.0. The van der Waals surface area contributed by atoms with Crippen LogP contribution >= 0.6 is 11.8 Å². The standard InChI is InChI=1S/C10H14N2O2S/c13-10(14)8-9(12-6-11-8)15-7-4-2-1-3-5-7/h6-7H,1-5H2,(H,11,12)(H,13,14). The van der Waals surface area contributed by atoms with Gasteiger partial charge in [0.05, 0.1) is 6.33 Å². The molecule has 0 bridgehead atoms. The third-order valence-electron chi connectivity index (χ3n) is 2.65. The molecule has 15 heavy (non-hydrogen) atoms. The molecule has 1 fully saturated rings. The number of imidazole rings is 1. The van der Waals surface area contributed by atoms with Crippen LogP contribution < -0.4 is 0 Å². The number of rotatable bonds is 3. The largest absolute Gasteiger partial charge is 0.476 e. The third kappa shape index (κ3) is 2.53. The maximum absolute atomic E-state index is 10.8. The van der Waals surface area contributed by atoms with E-state index in [1.807, 2.05) is 0 Å². The summed E-state index contributed by atoms with van der Waals surface area (Å²) in [6.07, 6.45) is 7.63. The number of hydrogen-bond donors (Lipinski definition) is 2. The monoisotopic (exact) mass is 226 g/mol. The molecule has 0 amide bonds. The van der Waals surface area contributed by atoms with Crippen LogP contribution in [0.3, 0.4) is 0 Å². The van der Waals surface area contributed by atoms with Crippen molar-refractivity contribution < 1.29 is 9.90 Å². The van der Waals surface area contributed by atoms with Gasteiger partial charge in [-0.3, -0.25) is 0 Å². The molecule has 1 aromatic heterocycles. The topological polar surface area (TPSA) is 66.0 Å². The van der Waals surface area contributed by atoms with Gasteiger partial charge in [-0.2, -0.15) is 0 Å². The molecule has 1 heterocycles. The Bertz CT molecular complexity index is 345. The molecule has 0 aromatic carbocycles. The lowest BCUT2D eigenvalue weighted by Gasteiger charge is -2.19. The summed E-state index contributed by atoms with van der Waals surface area (Å²) in [5, 5.41) is 10.1. The summed E-state index contributed by atoms with van der Waals surface area (Å²) in [5.41, 5.74) is 0.227. The average Bonchev–Trinajstić information content (AvgIpc) is 2.67. The highest BCUT2D eigenvalue weighted by Crippen LogP contribution is 2.33. The number of aromatic amines is 1. The maximum Gasteiger partial charge on any atom is 0.355 e. The molecule has 0 radical (unpaired) electrons. The van der Waals surface area contributed by atoms with Gasteiger partial charge in [-0.1, -0.05) is 19.3 Å². The van der Waals surface area contributed by atoms with E-state index >= 15 is 0 Å². The summed E-state index contributed by atoms with van der Waals surface area (Å²) in [5.74, 6) is -0.925. The molecule has 0 aliphatic heterocycles. The molecule has 1 aliphatic carbocycles. The van der Waals surface area contributed by atoms with Gasteiger partial charge in [-0.05, 0) is 12.8 Å². The second kappa shape index (κ2) is 4.70. The SMILES string of the molecule is O=C(O)c1[nH]cnc1SC1CCCCC1. The minimum absolute atomic E-state index is 0.227. The van der Waals surface area contributed by atoms with Gasteiger partial charge in [0.15, 0.2) is 5.69 Å². The van der Waals surface area contributed by atoms with Crippen molar-refractivity contribution in [2.75, 3.05) is 0 Å². The van der Waals surface area contributed by atoms with Crippen LogP contribution in [0, 0.1) is 0 Å². The van der Waals surface area contributed by atoms with Crippen molar-refractivity contribution in [1.82, 2.24) is 9.97 Å². The zero-order chi connectivity index (χ0) is 10.7. The summed E-state index contributed by atoms with van der Waals surface area (Å²) in [7, 11) is 0. The number of hydrogen-bond acceptors (Lipinski definition) is 3. The first-order valence-corrected chi connectivity index (χ1v) is 6.08. The van der Waals surface area contributed by atoms with Crippen LogP contribution in [0.2, 0.25) is 0 Å². The molecule has 0 atom stereocenters. The number of thioether (sulfide) groups is 1.